The molecule has 1 aliphatic rings. The van der Waals surface area contributed by atoms with Crippen LogP contribution in [0.5, 0.6) is 0 Å². The van der Waals surface area contributed by atoms with Gasteiger partial charge < -0.3 is 5.32 Å². The number of amides is 1. The van der Waals surface area contributed by atoms with Crippen molar-refractivity contribution in [2.75, 3.05) is 5.32 Å². The minimum absolute atomic E-state index is 0.153. The Bertz CT molecular complexity index is 1010. The molecule has 0 saturated heterocycles. The molecule has 2 aromatic carbocycles. The lowest BCUT2D eigenvalue weighted by molar-refractivity contribution is 0.102. The number of rotatable bonds is 3. The van der Waals surface area contributed by atoms with Crippen LogP contribution in [0.4, 0.5) is 18.9 Å². The van der Waals surface area contributed by atoms with Gasteiger partial charge in [0.05, 0.1) is 5.69 Å². The molecular weight excluding hydrogens is 355 g/mol. The molecule has 1 aliphatic carbocycles. The van der Waals surface area contributed by atoms with Gasteiger partial charge in [-0.1, -0.05) is 0 Å². The molecular formula is C20H16F3N3O. The summed E-state index contributed by atoms with van der Waals surface area (Å²) in [5.41, 5.74) is 2.83. The first-order chi connectivity index (χ1) is 13.0. The van der Waals surface area contributed by atoms with E-state index in [4.69, 9.17) is 0 Å². The highest BCUT2D eigenvalue weighted by molar-refractivity contribution is 6.04. The van der Waals surface area contributed by atoms with Crippen LogP contribution in [0.3, 0.4) is 0 Å². The fourth-order valence-corrected chi connectivity index (χ4v) is 3.34. The molecule has 138 valence electrons. The second-order valence-corrected chi connectivity index (χ2v) is 6.45. The molecule has 1 aromatic heterocycles. The van der Waals surface area contributed by atoms with Crippen LogP contribution in [0, 0.1) is 17.5 Å². The minimum Gasteiger partial charge on any atom is -0.320 e. The second-order valence-electron chi connectivity index (χ2n) is 6.45. The molecule has 7 heteroatoms. The second kappa shape index (κ2) is 6.90. The Hall–Kier alpha value is -3.09. The van der Waals surface area contributed by atoms with Gasteiger partial charge in [-0.3, -0.25) is 4.79 Å². The lowest BCUT2D eigenvalue weighted by Gasteiger charge is -2.14. The van der Waals surface area contributed by atoms with E-state index in [1.807, 2.05) is 0 Å². The minimum atomic E-state index is -1.04. The molecule has 3 aromatic rings. The monoisotopic (exact) mass is 371 g/mol. The normalized spacial score (nSPS) is 13.3. The van der Waals surface area contributed by atoms with Crippen molar-refractivity contribution in [3.8, 4) is 5.69 Å². The molecule has 0 radical (unpaired) electrons. The van der Waals surface area contributed by atoms with Gasteiger partial charge in [-0.25, -0.2) is 17.9 Å². The number of halogens is 3. The third kappa shape index (κ3) is 3.32. The summed E-state index contributed by atoms with van der Waals surface area (Å²) in [5.74, 6) is -2.85. The van der Waals surface area contributed by atoms with Crippen LogP contribution >= 0.6 is 0 Å². The quantitative estimate of drug-likeness (QED) is 0.741. The Labute approximate surface area is 153 Å². The Balaban J connectivity index is 1.70. The fraction of sp³-hybridized carbons (Fsp3) is 0.200. The summed E-state index contributed by atoms with van der Waals surface area (Å²) in [5, 5.41) is 7.01. The van der Waals surface area contributed by atoms with Gasteiger partial charge in [0.2, 0.25) is 0 Å². The highest BCUT2D eigenvalue weighted by Gasteiger charge is 2.25. The predicted octanol–water partition coefficient (Wildman–Crippen LogP) is 4.42. The standard InChI is InChI=1S/C20H16F3N3O/c21-12-5-8-14(9-6-12)26-18-4-2-1-3-15(18)19(25-26)20(27)24-13-7-10-16(22)17(23)11-13/h5-11H,1-4H2,(H,24,27). The average molecular weight is 371 g/mol. The molecule has 1 heterocycles. The third-order valence-electron chi connectivity index (χ3n) is 4.64. The lowest BCUT2D eigenvalue weighted by Crippen LogP contribution is -2.15. The molecule has 1 amide bonds. The summed E-state index contributed by atoms with van der Waals surface area (Å²) in [6.45, 7) is 0. The molecule has 4 nitrogen and oxygen atoms in total. The van der Waals surface area contributed by atoms with Crippen molar-refractivity contribution in [3.63, 3.8) is 0 Å². The average Bonchev–Trinajstić information content (AvgIpc) is 3.05. The van der Waals surface area contributed by atoms with Crippen molar-refractivity contribution >= 4 is 11.6 Å². The number of fused-ring (bicyclic) bond motifs is 1. The summed E-state index contributed by atoms with van der Waals surface area (Å²) >= 11 is 0. The van der Waals surface area contributed by atoms with Crippen LogP contribution in [0.25, 0.3) is 5.69 Å². The zero-order chi connectivity index (χ0) is 19.0. The van der Waals surface area contributed by atoms with Gasteiger partial charge in [-0.15, -0.1) is 0 Å². The topological polar surface area (TPSA) is 46.9 Å². The van der Waals surface area contributed by atoms with E-state index in [1.54, 1.807) is 16.8 Å². The van der Waals surface area contributed by atoms with Crippen molar-refractivity contribution in [3.05, 3.63) is 76.9 Å². The number of aromatic nitrogens is 2. The highest BCUT2D eigenvalue weighted by atomic mass is 19.2. The predicted molar refractivity (Wildman–Crippen MR) is 94.5 cm³/mol. The summed E-state index contributed by atoms with van der Waals surface area (Å²) < 4.78 is 41.3. The molecule has 4 rings (SSSR count). The van der Waals surface area contributed by atoms with Crippen LogP contribution in [-0.2, 0) is 12.8 Å². The maximum absolute atomic E-state index is 13.4. The van der Waals surface area contributed by atoms with E-state index >= 15 is 0 Å². The van der Waals surface area contributed by atoms with Crippen LogP contribution in [0.1, 0.15) is 34.6 Å². The number of carbonyl (C=O) groups excluding carboxylic acids is 1. The van der Waals surface area contributed by atoms with Crippen molar-refractivity contribution in [2.45, 2.75) is 25.7 Å². The van der Waals surface area contributed by atoms with Crippen molar-refractivity contribution in [1.29, 1.82) is 0 Å². The van der Waals surface area contributed by atoms with E-state index in [-0.39, 0.29) is 17.2 Å². The van der Waals surface area contributed by atoms with E-state index in [1.165, 1.54) is 18.2 Å². The van der Waals surface area contributed by atoms with E-state index in [0.29, 0.717) is 12.1 Å². The van der Waals surface area contributed by atoms with Gasteiger partial charge in [0.25, 0.3) is 5.91 Å². The van der Waals surface area contributed by atoms with E-state index in [9.17, 15) is 18.0 Å². The maximum atomic E-state index is 13.4. The van der Waals surface area contributed by atoms with Crippen molar-refractivity contribution in [2.24, 2.45) is 0 Å². The van der Waals surface area contributed by atoms with Gasteiger partial charge >= 0.3 is 0 Å². The summed E-state index contributed by atoms with van der Waals surface area (Å²) in [7, 11) is 0. The zero-order valence-electron chi connectivity index (χ0n) is 14.3. The van der Waals surface area contributed by atoms with Crippen LogP contribution < -0.4 is 5.32 Å². The van der Waals surface area contributed by atoms with Gasteiger partial charge in [-0.2, -0.15) is 5.10 Å². The van der Waals surface area contributed by atoms with Crippen molar-refractivity contribution < 1.29 is 18.0 Å². The maximum Gasteiger partial charge on any atom is 0.276 e. The molecule has 0 unspecified atom stereocenters. The number of benzene rings is 2. The molecule has 27 heavy (non-hydrogen) atoms. The van der Waals surface area contributed by atoms with Gasteiger partial charge in [-0.05, 0) is 62.1 Å². The largest absolute Gasteiger partial charge is 0.320 e. The first kappa shape index (κ1) is 17.3. The fourth-order valence-electron chi connectivity index (χ4n) is 3.34. The number of hydrogen-bond donors (Lipinski definition) is 1. The first-order valence-corrected chi connectivity index (χ1v) is 8.66. The Morgan fingerprint density at radius 3 is 2.44 bits per heavy atom. The van der Waals surface area contributed by atoms with Crippen molar-refractivity contribution in [1.82, 2.24) is 9.78 Å². The Kier molecular flexibility index (Phi) is 4.43. The van der Waals surface area contributed by atoms with Crippen LogP contribution in [0.2, 0.25) is 0 Å². The highest BCUT2D eigenvalue weighted by Crippen LogP contribution is 2.28. The molecule has 0 fully saturated rings. The number of anilines is 1. The number of hydrogen-bond acceptors (Lipinski definition) is 2. The molecule has 0 bridgehead atoms. The van der Waals surface area contributed by atoms with Crippen LogP contribution in [-0.4, -0.2) is 15.7 Å². The van der Waals surface area contributed by atoms with Crippen LogP contribution in [0.15, 0.2) is 42.5 Å². The molecule has 0 spiro atoms. The third-order valence-corrected chi connectivity index (χ3v) is 4.64. The number of carbonyl (C=O) groups is 1. The SMILES string of the molecule is O=C(Nc1ccc(F)c(F)c1)c1nn(-c2ccc(F)cc2)c2c1CCCC2. The molecule has 0 atom stereocenters. The summed E-state index contributed by atoms with van der Waals surface area (Å²) in [4.78, 5) is 12.7. The van der Waals surface area contributed by atoms with E-state index in [0.717, 1.165) is 42.7 Å². The first-order valence-electron chi connectivity index (χ1n) is 8.66. The molecule has 1 N–H and O–H groups in total. The summed E-state index contributed by atoms with van der Waals surface area (Å²) in [6, 6.07) is 9.07. The number of nitrogens with one attached hydrogen (secondary N) is 1. The molecule has 0 saturated carbocycles. The van der Waals surface area contributed by atoms with Gasteiger partial charge in [0.15, 0.2) is 17.3 Å². The smallest absolute Gasteiger partial charge is 0.276 e. The van der Waals surface area contributed by atoms with E-state index in [2.05, 4.69) is 10.4 Å². The van der Waals surface area contributed by atoms with Gasteiger partial charge in [0, 0.05) is 23.0 Å². The van der Waals surface area contributed by atoms with E-state index < -0.39 is 17.5 Å². The Morgan fingerprint density at radius 1 is 0.963 bits per heavy atom. The van der Waals surface area contributed by atoms with Gasteiger partial charge in [0.1, 0.15) is 5.82 Å². The lowest BCUT2D eigenvalue weighted by atomic mass is 9.95. The molecule has 0 aliphatic heterocycles. The summed E-state index contributed by atoms with van der Waals surface area (Å²) in [6.07, 6.45) is 3.38. The Morgan fingerprint density at radius 2 is 1.70 bits per heavy atom. The zero-order valence-corrected chi connectivity index (χ0v) is 14.3. The number of nitrogens with zero attached hydrogens (tertiary/aromatic N) is 2.